The molecule has 1 N–H and O–H groups in total. The van der Waals surface area contributed by atoms with Gasteiger partial charge in [-0.15, -0.1) is 0 Å². The van der Waals surface area contributed by atoms with Gasteiger partial charge in [-0.1, -0.05) is 24.3 Å². The fourth-order valence-electron chi connectivity index (χ4n) is 4.49. The first kappa shape index (κ1) is 24.0. The third-order valence-electron chi connectivity index (χ3n) is 6.46. The van der Waals surface area contributed by atoms with Crippen molar-refractivity contribution in [1.82, 2.24) is 19.4 Å². The van der Waals surface area contributed by atoms with Gasteiger partial charge in [0.25, 0.3) is 0 Å². The lowest BCUT2D eigenvalue weighted by Gasteiger charge is -2.31. The summed E-state index contributed by atoms with van der Waals surface area (Å²) in [6.45, 7) is 5.97. The predicted molar refractivity (Wildman–Crippen MR) is 132 cm³/mol. The Bertz CT molecular complexity index is 1160. The molecule has 8 nitrogen and oxygen atoms in total. The second-order valence-electron chi connectivity index (χ2n) is 8.70. The van der Waals surface area contributed by atoms with E-state index in [9.17, 15) is 9.59 Å². The van der Waals surface area contributed by atoms with Crippen LogP contribution in [-0.2, 0) is 29.2 Å². The molecule has 1 aliphatic heterocycles. The highest BCUT2D eigenvalue weighted by molar-refractivity contribution is 5.80. The number of carbonyl (C=O) groups excluding carboxylic acids is 1. The van der Waals surface area contributed by atoms with Gasteiger partial charge in [0.05, 0.1) is 11.0 Å². The molecule has 3 aromatic rings. The van der Waals surface area contributed by atoms with Crippen LogP contribution in [-0.4, -0.2) is 59.4 Å². The lowest BCUT2D eigenvalue weighted by atomic mass is 10.1. The first-order chi connectivity index (χ1) is 16.6. The van der Waals surface area contributed by atoms with Gasteiger partial charge in [0, 0.05) is 38.9 Å². The fourth-order valence-corrected chi connectivity index (χ4v) is 4.49. The lowest BCUT2D eigenvalue weighted by Crippen LogP contribution is -2.38. The summed E-state index contributed by atoms with van der Waals surface area (Å²) >= 11 is 0. The van der Waals surface area contributed by atoms with Crippen LogP contribution in [0.15, 0.2) is 53.3 Å². The molecule has 8 heteroatoms. The van der Waals surface area contributed by atoms with E-state index in [1.165, 1.54) is 4.57 Å². The minimum absolute atomic E-state index is 0.0128. The van der Waals surface area contributed by atoms with Gasteiger partial charge >= 0.3 is 5.69 Å². The number of fused-ring (bicyclic) bond motifs is 1. The number of nitrogens with one attached hydrogen (secondary N) is 1. The first-order valence-corrected chi connectivity index (χ1v) is 12.0. The minimum Gasteiger partial charge on any atom is -0.492 e. The molecule has 1 aromatic heterocycles. The van der Waals surface area contributed by atoms with E-state index < -0.39 is 0 Å². The van der Waals surface area contributed by atoms with Crippen molar-refractivity contribution in [2.45, 2.75) is 45.4 Å². The number of para-hydroxylation sites is 2. The monoisotopic (exact) mass is 466 g/mol. The van der Waals surface area contributed by atoms with E-state index in [1.54, 1.807) is 4.57 Å². The van der Waals surface area contributed by atoms with Crippen LogP contribution in [0.5, 0.6) is 5.75 Å². The average molecular weight is 467 g/mol. The molecule has 1 aliphatic rings. The standard InChI is InChI=1S/C26H34N4O4/c1-3-29-23-9-4-5-10-24(23)30(26(29)32)19-25(31)27-18-20-7-6-8-22(17-20)34-16-13-28(2)21-11-14-33-15-12-21/h4-10,17,21H,3,11-16,18-19H2,1-2H3,(H,27,31). The molecule has 1 amide bonds. The van der Waals surface area contributed by atoms with E-state index in [0.29, 0.717) is 25.7 Å². The Balaban J connectivity index is 1.29. The Morgan fingerprint density at radius 2 is 1.85 bits per heavy atom. The maximum atomic E-state index is 12.7. The summed E-state index contributed by atoms with van der Waals surface area (Å²) in [6.07, 6.45) is 2.13. The molecule has 0 spiro atoms. The molecule has 0 bridgehead atoms. The van der Waals surface area contributed by atoms with Crippen molar-refractivity contribution < 1.29 is 14.3 Å². The number of aryl methyl sites for hydroxylation is 1. The highest BCUT2D eigenvalue weighted by Crippen LogP contribution is 2.16. The maximum absolute atomic E-state index is 12.7. The number of likely N-dealkylation sites (N-methyl/N-ethyl adjacent to an activating group) is 1. The van der Waals surface area contributed by atoms with Gasteiger partial charge in [0.2, 0.25) is 5.91 Å². The normalized spacial score (nSPS) is 14.6. The summed E-state index contributed by atoms with van der Waals surface area (Å²) in [5.41, 5.74) is 2.40. The summed E-state index contributed by atoms with van der Waals surface area (Å²) in [4.78, 5) is 27.7. The number of nitrogens with zero attached hydrogens (tertiary/aromatic N) is 3. The number of imidazole rings is 1. The Kier molecular flexibility index (Phi) is 8.03. The van der Waals surface area contributed by atoms with Crippen LogP contribution in [0.3, 0.4) is 0 Å². The third kappa shape index (κ3) is 5.69. The summed E-state index contributed by atoms with van der Waals surface area (Å²) in [5, 5.41) is 2.93. The second kappa shape index (κ2) is 11.4. The molecule has 2 heterocycles. The van der Waals surface area contributed by atoms with Crippen molar-refractivity contribution in [2.75, 3.05) is 33.4 Å². The van der Waals surface area contributed by atoms with Gasteiger partial charge in [-0.3, -0.25) is 18.8 Å². The number of aromatic nitrogens is 2. The quantitative estimate of drug-likeness (QED) is 0.497. The van der Waals surface area contributed by atoms with Crippen LogP contribution in [0.25, 0.3) is 11.0 Å². The lowest BCUT2D eigenvalue weighted by molar-refractivity contribution is -0.121. The summed E-state index contributed by atoms with van der Waals surface area (Å²) in [7, 11) is 2.13. The van der Waals surface area contributed by atoms with E-state index in [4.69, 9.17) is 9.47 Å². The van der Waals surface area contributed by atoms with Crippen LogP contribution >= 0.6 is 0 Å². The smallest absolute Gasteiger partial charge is 0.329 e. The van der Waals surface area contributed by atoms with Crippen molar-refractivity contribution in [2.24, 2.45) is 0 Å². The molecule has 2 aromatic carbocycles. The van der Waals surface area contributed by atoms with Crippen LogP contribution in [0, 0.1) is 0 Å². The number of hydrogen-bond donors (Lipinski definition) is 1. The van der Waals surface area contributed by atoms with Gasteiger partial charge in [-0.2, -0.15) is 0 Å². The zero-order chi connectivity index (χ0) is 23.9. The van der Waals surface area contributed by atoms with Crippen LogP contribution in [0.4, 0.5) is 0 Å². The highest BCUT2D eigenvalue weighted by Gasteiger charge is 2.18. The topological polar surface area (TPSA) is 77.7 Å². The van der Waals surface area contributed by atoms with Crippen molar-refractivity contribution in [3.8, 4) is 5.75 Å². The van der Waals surface area contributed by atoms with E-state index in [0.717, 1.165) is 54.9 Å². The predicted octanol–water partition coefficient (Wildman–Crippen LogP) is 2.63. The molecule has 0 radical (unpaired) electrons. The molecular formula is C26H34N4O4. The highest BCUT2D eigenvalue weighted by atomic mass is 16.5. The maximum Gasteiger partial charge on any atom is 0.329 e. The fraction of sp³-hybridized carbons (Fsp3) is 0.462. The number of amides is 1. The molecule has 0 saturated carbocycles. The Hall–Kier alpha value is -3.10. The second-order valence-corrected chi connectivity index (χ2v) is 8.70. The van der Waals surface area contributed by atoms with Crippen molar-refractivity contribution in [3.05, 3.63) is 64.6 Å². The van der Waals surface area contributed by atoms with Crippen molar-refractivity contribution in [3.63, 3.8) is 0 Å². The van der Waals surface area contributed by atoms with Gasteiger partial charge in [-0.25, -0.2) is 4.79 Å². The number of ether oxygens (including phenoxy) is 2. The van der Waals surface area contributed by atoms with Crippen LogP contribution in [0.1, 0.15) is 25.3 Å². The molecule has 34 heavy (non-hydrogen) atoms. The van der Waals surface area contributed by atoms with E-state index in [1.807, 2.05) is 55.5 Å². The Morgan fingerprint density at radius 1 is 1.12 bits per heavy atom. The van der Waals surface area contributed by atoms with E-state index in [-0.39, 0.29) is 18.1 Å². The largest absolute Gasteiger partial charge is 0.492 e. The third-order valence-corrected chi connectivity index (χ3v) is 6.46. The van der Waals surface area contributed by atoms with Crippen LogP contribution in [0.2, 0.25) is 0 Å². The molecule has 4 rings (SSSR count). The summed E-state index contributed by atoms with van der Waals surface area (Å²) in [5.74, 6) is 0.583. The van der Waals surface area contributed by atoms with Gasteiger partial charge in [0.15, 0.2) is 0 Å². The van der Waals surface area contributed by atoms with E-state index in [2.05, 4.69) is 17.3 Å². The van der Waals surface area contributed by atoms with Gasteiger partial charge < -0.3 is 14.8 Å². The molecular weight excluding hydrogens is 432 g/mol. The molecule has 0 aliphatic carbocycles. The molecule has 1 fully saturated rings. The summed E-state index contributed by atoms with van der Waals surface area (Å²) < 4.78 is 14.6. The number of rotatable bonds is 10. The zero-order valence-corrected chi connectivity index (χ0v) is 20.0. The SMILES string of the molecule is CCn1c(=O)n(CC(=O)NCc2cccc(OCCN(C)C3CCOCC3)c2)c2ccccc21. The molecule has 0 atom stereocenters. The van der Waals surface area contributed by atoms with Crippen molar-refractivity contribution in [1.29, 1.82) is 0 Å². The Labute approximate surface area is 200 Å². The molecule has 1 saturated heterocycles. The zero-order valence-electron chi connectivity index (χ0n) is 20.0. The number of carbonyl (C=O) groups is 1. The van der Waals surface area contributed by atoms with Gasteiger partial charge in [0.1, 0.15) is 18.9 Å². The average Bonchev–Trinajstić information content (AvgIpc) is 3.14. The minimum atomic E-state index is -0.203. The number of hydrogen-bond acceptors (Lipinski definition) is 5. The van der Waals surface area contributed by atoms with E-state index >= 15 is 0 Å². The van der Waals surface area contributed by atoms with Gasteiger partial charge in [-0.05, 0) is 56.6 Å². The molecule has 0 unspecified atom stereocenters. The van der Waals surface area contributed by atoms with Crippen LogP contribution < -0.4 is 15.7 Å². The summed E-state index contributed by atoms with van der Waals surface area (Å²) in [6, 6.07) is 15.9. The van der Waals surface area contributed by atoms with Crippen molar-refractivity contribution >= 4 is 16.9 Å². The first-order valence-electron chi connectivity index (χ1n) is 12.0. The Morgan fingerprint density at radius 3 is 2.59 bits per heavy atom. The molecule has 182 valence electrons. The number of benzene rings is 2.